The molecule has 0 aromatic rings. The molecule has 0 radical (unpaired) electrons. The predicted octanol–water partition coefficient (Wildman–Crippen LogP) is 4.64. The molecule has 1 saturated carbocycles. The van der Waals surface area contributed by atoms with E-state index in [1.54, 1.807) is 0 Å². The van der Waals surface area contributed by atoms with Gasteiger partial charge in [-0.15, -0.1) is 0 Å². The van der Waals surface area contributed by atoms with Crippen LogP contribution < -0.4 is 16.0 Å². The van der Waals surface area contributed by atoms with Crippen molar-refractivity contribution in [2.75, 3.05) is 52.5 Å². The molecule has 3 N–H and O–H groups in total. The molecule has 4 saturated heterocycles. The van der Waals surface area contributed by atoms with E-state index in [4.69, 9.17) is 4.74 Å². The highest BCUT2D eigenvalue weighted by Gasteiger charge is 1.96. The van der Waals surface area contributed by atoms with Gasteiger partial charge in [-0.1, -0.05) is 44.9 Å². The molecule has 4 aliphatic heterocycles. The van der Waals surface area contributed by atoms with Crippen molar-refractivity contribution in [3.8, 4) is 0 Å². The van der Waals surface area contributed by atoms with Crippen LogP contribution in [0.4, 0.5) is 0 Å². The quantitative estimate of drug-likeness (QED) is 0.570. The zero-order valence-corrected chi connectivity index (χ0v) is 18.2. The van der Waals surface area contributed by atoms with Crippen molar-refractivity contribution in [3.05, 3.63) is 0 Å². The molecule has 0 unspecified atom stereocenters. The van der Waals surface area contributed by atoms with Crippen molar-refractivity contribution < 1.29 is 4.74 Å². The van der Waals surface area contributed by atoms with Gasteiger partial charge < -0.3 is 20.7 Å². The highest BCUT2D eigenvalue weighted by Crippen LogP contribution is 2.15. The molecule has 4 heterocycles. The van der Waals surface area contributed by atoms with Crippen LogP contribution in [0, 0.1) is 0 Å². The van der Waals surface area contributed by atoms with E-state index in [1.807, 2.05) is 0 Å². The smallest absolute Gasteiger partial charge is 0.0466 e. The first-order valence-electron chi connectivity index (χ1n) is 12.2. The van der Waals surface area contributed by atoms with Crippen LogP contribution in [0.3, 0.4) is 0 Å². The molecule has 4 nitrogen and oxygen atoms in total. The fraction of sp³-hybridized carbons (Fsp3) is 1.00. The van der Waals surface area contributed by atoms with Crippen LogP contribution >= 0.6 is 0 Å². The van der Waals surface area contributed by atoms with Crippen molar-refractivity contribution in [1.29, 1.82) is 0 Å². The zero-order valence-electron chi connectivity index (χ0n) is 18.2. The van der Waals surface area contributed by atoms with Crippen molar-refractivity contribution in [1.82, 2.24) is 16.0 Å². The largest absolute Gasteiger partial charge is 0.381 e. The molecule has 5 aliphatic rings. The van der Waals surface area contributed by atoms with Crippen LogP contribution in [0.2, 0.25) is 0 Å². The van der Waals surface area contributed by atoms with E-state index in [0.29, 0.717) is 0 Å². The molecule has 5 fully saturated rings. The van der Waals surface area contributed by atoms with E-state index >= 15 is 0 Å². The Balaban J connectivity index is 0.000000170. The average Bonchev–Trinajstić information content (AvgIpc) is 3.32. The molecule has 0 amide bonds. The van der Waals surface area contributed by atoms with Gasteiger partial charge in [0.05, 0.1) is 0 Å². The Hall–Kier alpha value is -0.160. The predicted molar refractivity (Wildman–Crippen MR) is 119 cm³/mol. The third-order valence-corrected chi connectivity index (χ3v) is 5.45. The summed E-state index contributed by atoms with van der Waals surface area (Å²) in [6.07, 6.45) is 21.3. The molecule has 1 aliphatic carbocycles. The number of hydrogen-bond donors (Lipinski definition) is 3. The Morgan fingerprint density at radius 3 is 0.704 bits per heavy atom. The molecule has 4 heteroatoms. The molecular formula is C23H49N3O. The van der Waals surface area contributed by atoms with Gasteiger partial charge in [0.25, 0.3) is 0 Å². The highest BCUT2D eigenvalue weighted by molar-refractivity contribution is 4.57. The number of hydrogen-bond acceptors (Lipinski definition) is 4. The first-order chi connectivity index (χ1) is 13.5. The van der Waals surface area contributed by atoms with Gasteiger partial charge in [0.2, 0.25) is 0 Å². The van der Waals surface area contributed by atoms with Crippen molar-refractivity contribution >= 4 is 0 Å². The van der Waals surface area contributed by atoms with E-state index in [9.17, 15) is 0 Å². The molecule has 162 valence electrons. The van der Waals surface area contributed by atoms with Crippen LogP contribution in [-0.4, -0.2) is 52.5 Å². The summed E-state index contributed by atoms with van der Waals surface area (Å²) < 4.78 is 5.07. The van der Waals surface area contributed by atoms with E-state index in [-0.39, 0.29) is 0 Å². The van der Waals surface area contributed by atoms with E-state index < -0.39 is 0 Å². The van der Waals surface area contributed by atoms with Crippen LogP contribution in [-0.2, 0) is 4.74 Å². The summed E-state index contributed by atoms with van der Waals surface area (Å²) in [7, 11) is 0. The topological polar surface area (TPSA) is 45.3 Å². The van der Waals surface area contributed by atoms with Gasteiger partial charge in [-0.3, -0.25) is 0 Å². The maximum absolute atomic E-state index is 5.07. The third-order valence-electron chi connectivity index (χ3n) is 5.45. The Bertz CT molecular complexity index is 182. The van der Waals surface area contributed by atoms with Crippen LogP contribution in [0.25, 0.3) is 0 Å². The second kappa shape index (κ2) is 22.1. The molecule has 5 rings (SSSR count). The van der Waals surface area contributed by atoms with Crippen LogP contribution in [0.15, 0.2) is 0 Å². The van der Waals surface area contributed by atoms with E-state index in [0.717, 1.165) is 13.2 Å². The zero-order chi connectivity index (χ0) is 19.1. The number of nitrogens with one attached hydrogen (secondary N) is 3. The maximum atomic E-state index is 5.07. The van der Waals surface area contributed by atoms with Crippen molar-refractivity contribution in [2.24, 2.45) is 0 Å². The van der Waals surface area contributed by atoms with Gasteiger partial charge in [-0.2, -0.15) is 0 Å². The summed E-state index contributed by atoms with van der Waals surface area (Å²) in [5.41, 5.74) is 0. The normalized spacial score (nSPS) is 24.0. The second-order valence-corrected chi connectivity index (χ2v) is 8.17. The molecule has 0 aromatic heterocycles. The van der Waals surface area contributed by atoms with Crippen LogP contribution in [0.1, 0.15) is 96.3 Å². The Morgan fingerprint density at radius 2 is 0.556 bits per heavy atom. The van der Waals surface area contributed by atoms with E-state index in [1.165, 1.54) is 136 Å². The Labute approximate surface area is 170 Å². The molecule has 0 bridgehead atoms. The number of piperidine rings is 1. The minimum atomic E-state index is 1.00. The van der Waals surface area contributed by atoms with Gasteiger partial charge >= 0.3 is 0 Å². The van der Waals surface area contributed by atoms with Gasteiger partial charge in [0.15, 0.2) is 0 Å². The highest BCUT2D eigenvalue weighted by atomic mass is 16.5. The minimum absolute atomic E-state index is 1.00. The lowest BCUT2D eigenvalue weighted by Gasteiger charge is -2.09. The van der Waals surface area contributed by atoms with Gasteiger partial charge in [0, 0.05) is 13.2 Å². The van der Waals surface area contributed by atoms with Crippen LogP contribution in [0.5, 0.6) is 0 Å². The molecule has 0 spiro atoms. The average molecular weight is 384 g/mol. The number of ether oxygens (including phenoxy) is 1. The molecule has 27 heavy (non-hydrogen) atoms. The fourth-order valence-corrected chi connectivity index (χ4v) is 3.35. The summed E-state index contributed by atoms with van der Waals surface area (Å²) in [6.45, 7) is 9.50. The summed E-state index contributed by atoms with van der Waals surface area (Å²) in [4.78, 5) is 0. The van der Waals surface area contributed by atoms with Crippen molar-refractivity contribution in [2.45, 2.75) is 96.3 Å². The Morgan fingerprint density at radius 1 is 0.296 bits per heavy atom. The maximum Gasteiger partial charge on any atom is 0.0466 e. The number of rotatable bonds is 0. The summed E-state index contributed by atoms with van der Waals surface area (Å²) in [5, 5.41) is 9.62. The first-order valence-corrected chi connectivity index (χ1v) is 12.2. The third kappa shape index (κ3) is 20.4. The Kier molecular flexibility index (Phi) is 20.4. The monoisotopic (exact) mass is 383 g/mol. The second-order valence-electron chi connectivity index (χ2n) is 8.17. The van der Waals surface area contributed by atoms with Crippen molar-refractivity contribution in [3.63, 3.8) is 0 Å². The van der Waals surface area contributed by atoms with Gasteiger partial charge in [0.1, 0.15) is 0 Å². The van der Waals surface area contributed by atoms with Gasteiger partial charge in [-0.05, 0) is 90.6 Å². The lowest BCUT2D eigenvalue weighted by atomic mass is 10.0. The summed E-state index contributed by atoms with van der Waals surface area (Å²) >= 11 is 0. The fourth-order valence-electron chi connectivity index (χ4n) is 3.35. The van der Waals surface area contributed by atoms with Gasteiger partial charge in [-0.25, -0.2) is 0 Å². The molecule has 0 atom stereocenters. The summed E-state index contributed by atoms with van der Waals surface area (Å²) in [5.74, 6) is 0. The first kappa shape index (κ1) is 24.9. The summed E-state index contributed by atoms with van der Waals surface area (Å²) in [6, 6.07) is 0. The molecule has 0 aromatic carbocycles. The SMILES string of the molecule is C1CCCCC1.C1CCNC1.C1CCNCC1.C1CCOCC1.C1CNC1. The lowest BCUT2D eigenvalue weighted by molar-refractivity contribution is 0.0968. The minimum Gasteiger partial charge on any atom is -0.381 e. The lowest BCUT2D eigenvalue weighted by Crippen LogP contribution is -2.29. The standard InChI is InChI=1S/C6H12.C5H11N.C5H10O.C4H9N.C3H7N/c3*1-2-4-6-5-3-1;1-2-4-5-3-1;1-2-4-3-1/h1-6H2;6H,1-5H2;1-5H2;5H,1-4H2;4H,1-3H2. The molecular weight excluding hydrogens is 334 g/mol. The van der Waals surface area contributed by atoms with E-state index in [2.05, 4.69) is 16.0 Å².